The summed E-state index contributed by atoms with van der Waals surface area (Å²) < 4.78 is 14.9. The van der Waals surface area contributed by atoms with E-state index >= 15 is 0 Å². The Morgan fingerprint density at radius 1 is 1.03 bits per heavy atom. The Morgan fingerprint density at radius 3 is 2.59 bits per heavy atom. The average Bonchev–Trinajstić information content (AvgIpc) is 3.22. The summed E-state index contributed by atoms with van der Waals surface area (Å²) in [5, 5.41) is 12.0. The number of tetrazole rings is 1. The highest BCUT2D eigenvalue weighted by Crippen LogP contribution is 2.19. The SMILES string of the molecule is O=C(CSc1nnnn1-c1cccc(F)c1)N1CCN(Cc2ccccc2)CC1. The number of carbonyl (C=O) groups is 1. The van der Waals surface area contributed by atoms with Gasteiger partial charge in [-0.3, -0.25) is 9.69 Å². The van der Waals surface area contributed by atoms with Crippen molar-refractivity contribution in [2.45, 2.75) is 11.7 Å². The largest absolute Gasteiger partial charge is 0.339 e. The van der Waals surface area contributed by atoms with E-state index in [2.05, 4.69) is 32.6 Å². The lowest BCUT2D eigenvalue weighted by molar-refractivity contribution is -0.130. The van der Waals surface area contributed by atoms with Crippen molar-refractivity contribution in [3.63, 3.8) is 0 Å². The van der Waals surface area contributed by atoms with Crippen LogP contribution in [0, 0.1) is 5.82 Å². The molecular formula is C20H21FN6OS. The van der Waals surface area contributed by atoms with Crippen molar-refractivity contribution >= 4 is 17.7 Å². The summed E-state index contributed by atoms with van der Waals surface area (Å²) >= 11 is 1.26. The first-order chi connectivity index (χ1) is 14.2. The van der Waals surface area contributed by atoms with Gasteiger partial charge in [0.15, 0.2) is 0 Å². The average molecular weight is 412 g/mol. The van der Waals surface area contributed by atoms with E-state index in [-0.39, 0.29) is 17.5 Å². The summed E-state index contributed by atoms with van der Waals surface area (Å²) in [6.07, 6.45) is 0. The summed E-state index contributed by atoms with van der Waals surface area (Å²) in [6.45, 7) is 4.03. The predicted octanol–water partition coefficient (Wildman–Crippen LogP) is 2.24. The van der Waals surface area contributed by atoms with Crippen LogP contribution in [0.25, 0.3) is 5.69 Å². The predicted molar refractivity (Wildman–Crippen MR) is 108 cm³/mol. The molecule has 0 atom stereocenters. The molecule has 0 spiro atoms. The Kier molecular flexibility index (Phi) is 6.16. The van der Waals surface area contributed by atoms with Gasteiger partial charge in [0.05, 0.1) is 11.4 Å². The van der Waals surface area contributed by atoms with Crippen LogP contribution in [-0.4, -0.2) is 67.8 Å². The smallest absolute Gasteiger partial charge is 0.233 e. The molecule has 1 fully saturated rings. The van der Waals surface area contributed by atoms with Gasteiger partial charge in [-0.15, -0.1) is 5.10 Å². The van der Waals surface area contributed by atoms with Crippen molar-refractivity contribution in [3.05, 3.63) is 66.0 Å². The third kappa shape index (κ3) is 4.99. The molecule has 1 amide bonds. The van der Waals surface area contributed by atoms with Crippen molar-refractivity contribution in [1.29, 1.82) is 0 Å². The Hall–Kier alpha value is -2.78. The first-order valence-corrected chi connectivity index (χ1v) is 10.4. The number of hydrogen-bond acceptors (Lipinski definition) is 6. The molecule has 1 aromatic heterocycles. The van der Waals surface area contributed by atoms with E-state index in [9.17, 15) is 9.18 Å². The molecule has 0 N–H and O–H groups in total. The molecule has 2 aromatic carbocycles. The summed E-state index contributed by atoms with van der Waals surface area (Å²) in [4.78, 5) is 16.8. The minimum Gasteiger partial charge on any atom is -0.339 e. The molecule has 150 valence electrons. The molecule has 0 bridgehead atoms. The van der Waals surface area contributed by atoms with Crippen LogP contribution in [0.15, 0.2) is 59.8 Å². The third-order valence-corrected chi connectivity index (χ3v) is 5.70. The highest BCUT2D eigenvalue weighted by Gasteiger charge is 2.22. The van der Waals surface area contributed by atoms with Crippen LogP contribution in [0.3, 0.4) is 0 Å². The molecule has 1 aliphatic rings. The number of aromatic nitrogens is 4. The van der Waals surface area contributed by atoms with E-state index in [0.29, 0.717) is 23.9 Å². The molecule has 0 saturated carbocycles. The van der Waals surface area contributed by atoms with E-state index in [1.807, 2.05) is 23.1 Å². The molecule has 0 aliphatic carbocycles. The zero-order chi connectivity index (χ0) is 20.1. The Balaban J connectivity index is 1.29. The lowest BCUT2D eigenvalue weighted by Gasteiger charge is -2.34. The van der Waals surface area contributed by atoms with E-state index in [4.69, 9.17) is 0 Å². The Labute approximate surface area is 172 Å². The van der Waals surface area contributed by atoms with Crippen LogP contribution in [0.2, 0.25) is 0 Å². The van der Waals surface area contributed by atoms with Crippen LogP contribution in [0.4, 0.5) is 4.39 Å². The molecule has 1 saturated heterocycles. The topological polar surface area (TPSA) is 67.2 Å². The maximum Gasteiger partial charge on any atom is 0.233 e. The van der Waals surface area contributed by atoms with E-state index in [1.54, 1.807) is 12.1 Å². The first kappa shape index (κ1) is 19.5. The van der Waals surface area contributed by atoms with Gasteiger partial charge < -0.3 is 4.90 Å². The van der Waals surface area contributed by atoms with Crippen LogP contribution >= 0.6 is 11.8 Å². The van der Waals surface area contributed by atoms with Crippen LogP contribution in [0.5, 0.6) is 0 Å². The monoisotopic (exact) mass is 412 g/mol. The number of carbonyl (C=O) groups excluding carboxylic acids is 1. The molecule has 29 heavy (non-hydrogen) atoms. The van der Waals surface area contributed by atoms with Crippen molar-refractivity contribution < 1.29 is 9.18 Å². The maximum atomic E-state index is 13.5. The number of piperazine rings is 1. The quantitative estimate of drug-likeness (QED) is 0.579. The Bertz CT molecular complexity index is 958. The van der Waals surface area contributed by atoms with Crippen molar-refractivity contribution in [3.8, 4) is 5.69 Å². The first-order valence-electron chi connectivity index (χ1n) is 9.40. The second-order valence-corrected chi connectivity index (χ2v) is 7.73. The minimum absolute atomic E-state index is 0.0585. The van der Waals surface area contributed by atoms with Gasteiger partial charge in [-0.1, -0.05) is 48.2 Å². The summed E-state index contributed by atoms with van der Waals surface area (Å²) in [5.41, 5.74) is 1.81. The molecule has 2 heterocycles. The van der Waals surface area contributed by atoms with Crippen LogP contribution in [-0.2, 0) is 11.3 Å². The number of amides is 1. The number of hydrogen-bond donors (Lipinski definition) is 0. The van der Waals surface area contributed by atoms with Gasteiger partial charge in [0, 0.05) is 32.7 Å². The van der Waals surface area contributed by atoms with E-state index < -0.39 is 0 Å². The van der Waals surface area contributed by atoms with Crippen LogP contribution in [0.1, 0.15) is 5.56 Å². The fourth-order valence-electron chi connectivity index (χ4n) is 3.25. The lowest BCUT2D eigenvalue weighted by Crippen LogP contribution is -2.48. The fourth-order valence-corrected chi connectivity index (χ4v) is 4.05. The third-order valence-electron chi connectivity index (χ3n) is 4.79. The van der Waals surface area contributed by atoms with Gasteiger partial charge in [0.2, 0.25) is 11.1 Å². The fraction of sp³-hybridized carbons (Fsp3) is 0.300. The number of thioether (sulfide) groups is 1. The van der Waals surface area contributed by atoms with E-state index in [1.165, 1.54) is 34.1 Å². The minimum atomic E-state index is -0.363. The Morgan fingerprint density at radius 2 is 1.83 bits per heavy atom. The van der Waals surface area contributed by atoms with E-state index in [0.717, 1.165) is 19.6 Å². The van der Waals surface area contributed by atoms with Gasteiger partial charge in [0.1, 0.15) is 5.82 Å². The van der Waals surface area contributed by atoms with Gasteiger partial charge in [0.25, 0.3) is 0 Å². The molecule has 1 aliphatic heterocycles. The van der Waals surface area contributed by atoms with Crippen molar-refractivity contribution in [2.75, 3.05) is 31.9 Å². The van der Waals surface area contributed by atoms with Crippen molar-refractivity contribution in [2.24, 2.45) is 0 Å². The van der Waals surface area contributed by atoms with Gasteiger partial charge in [-0.25, -0.2) is 4.39 Å². The number of benzene rings is 2. The van der Waals surface area contributed by atoms with Gasteiger partial charge in [-0.05, 0) is 34.2 Å². The summed E-state index contributed by atoms with van der Waals surface area (Å²) in [6, 6.07) is 16.4. The van der Waals surface area contributed by atoms with Crippen LogP contribution < -0.4 is 0 Å². The molecular weight excluding hydrogens is 391 g/mol. The van der Waals surface area contributed by atoms with Crippen molar-refractivity contribution in [1.82, 2.24) is 30.0 Å². The standard InChI is InChI=1S/C20H21FN6OS/c21-17-7-4-8-18(13-17)27-20(22-23-24-27)29-15-19(28)26-11-9-25(10-12-26)14-16-5-2-1-3-6-16/h1-8,13H,9-12,14-15H2. The van der Waals surface area contributed by atoms with Gasteiger partial charge in [-0.2, -0.15) is 4.68 Å². The number of rotatable bonds is 6. The molecule has 9 heteroatoms. The number of nitrogens with zero attached hydrogens (tertiary/aromatic N) is 6. The maximum absolute atomic E-state index is 13.5. The number of halogens is 1. The molecule has 7 nitrogen and oxygen atoms in total. The second kappa shape index (κ2) is 9.15. The summed E-state index contributed by atoms with van der Waals surface area (Å²) in [5.74, 6) is -0.0597. The zero-order valence-electron chi connectivity index (χ0n) is 15.8. The highest BCUT2D eigenvalue weighted by atomic mass is 32.2. The van der Waals surface area contributed by atoms with Gasteiger partial charge >= 0.3 is 0 Å². The molecule has 4 rings (SSSR count). The normalized spacial score (nSPS) is 14.9. The highest BCUT2D eigenvalue weighted by molar-refractivity contribution is 7.99. The zero-order valence-corrected chi connectivity index (χ0v) is 16.6. The lowest BCUT2D eigenvalue weighted by atomic mass is 10.2. The molecule has 3 aromatic rings. The molecule has 0 unspecified atom stereocenters. The second-order valence-electron chi connectivity index (χ2n) is 6.78. The summed E-state index contributed by atoms with van der Waals surface area (Å²) in [7, 11) is 0. The molecule has 0 radical (unpaired) electrons.